The minimum Gasteiger partial charge on any atom is -0.478 e. The standard InChI is InChI=1S/C26H34N4O4/c1-25(2)15-18(8-14-33-25)23-28-21-20-19(5-4-11-27-20)34-26(22(21)29(23)3)9-12-30(13-10-26)24(31)32-16-17-6-7-17/h4-5,11,17-18H,6-10,12-16H2,1-3H3. The molecule has 2 saturated heterocycles. The van der Waals surface area contributed by atoms with Gasteiger partial charge >= 0.3 is 6.09 Å². The first-order chi connectivity index (χ1) is 16.4. The van der Waals surface area contributed by atoms with E-state index in [1.54, 1.807) is 6.20 Å². The highest BCUT2D eigenvalue weighted by Gasteiger charge is 2.49. The van der Waals surface area contributed by atoms with E-state index in [9.17, 15) is 4.79 Å². The third kappa shape index (κ3) is 3.76. The number of fused-ring (bicyclic) bond motifs is 4. The number of pyridine rings is 1. The van der Waals surface area contributed by atoms with Crippen LogP contribution in [-0.2, 0) is 22.1 Å². The summed E-state index contributed by atoms with van der Waals surface area (Å²) in [4.78, 5) is 24.3. The number of ether oxygens (including phenoxy) is 3. The number of hydrogen-bond donors (Lipinski definition) is 0. The van der Waals surface area contributed by atoms with Crippen molar-refractivity contribution in [2.75, 3.05) is 26.3 Å². The van der Waals surface area contributed by atoms with E-state index in [0.717, 1.165) is 48.1 Å². The molecule has 8 nitrogen and oxygen atoms in total. The molecule has 6 rings (SSSR count). The van der Waals surface area contributed by atoms with E-state index in [1.165, 1.54) is 12.8 Å². The van der Waals surface area contributed by atoms with Gasteiger partial charge in [-0.05, 0) is 57.6 Å². The van der Waals surface area contributed by atoms with Crippen LogP contribution in [0.2, 0.25) is 0 Å². The fourth-order valence-corrected chi connectivity index (χ4v) is 5.88. The fraction of sp³-hybridized carbons (Fsp3) is 0.654. The lowest BCUT2D eigenvalue weighted by molar-refractivity contribution is -0.0607. The van der Waals surface area contributed by atoms with Crippen molar-refractivity contribution < 1.29 is 19.0 Å². The number of rotatable bonds is 3. The molecule has 8 heteroatoms. The molecule has 182 valence electrons. The third-order valence-electron chi connectivity index (χ3n) is 7.89. The molecule has 0 N–H and O–H groups in total. The summed E-state index contributed by atoms with van der Waals surface area (Å²) in [5, 5.41) is 0. The SMILES string of the molecule is Cn1c(C2CCOC(C)(C)C2)nc2c1C1(CCN(C(=O)OCC3CC3)CC1)Oc1cccnc1-2. The van der Waals surface area contributed by atoms with Crippen molar-refractivity contribution in [1.82, 2.24) is 19.4 Å². The van der Waals surface area contributed by atoms with E-state index in [2.05, 4.69) is 30.4 Å². The molecule has 1 unspecified atom stereocenters. The largest absolute Gasteiger partial charge is 0.478 e. The van der Waals surface area contributed by atoms with Gasteiger partial charge < -0.3 is 23.7 Å². The summed E-state index contributed by atoms with van der Waals surface area (Å²) in [5.74, 6) is 2.74. The number of hydrogen-bond acceptors (Lipinski definition) is 6. The Labute approximate surface area is 200 Å². The minimum absolute atomic E-state index is 0.161. The van der Waals surface area contributed by atoms with Crippen molar-refractivity contribution in [1.29, 1.82) is 0 Å². The molecule has 1 saturated carbocycles. The van der Waals surface area contributed by atoms with Crippen LogP contribution < -0.4 is 4.74 Å². The number of imidazole rings is 1. The molecule has 0 aromatic carbocycles. The van der Waals surface area contributed by atoms with Gasteiger partial charge in [-0.2, -0.15) is 0 Å². The highest BCUT2D eigenvalue weighted by Crippen LogP contribution is 2.50. The second kappa shape index (κ2) is 7.97. The summed E-state index contributed by atoms with van der Waals surface area (Å²) in [6, 6.07) is 3.89. The van der Waals surface area contributed by atoms with E-state index >= 15 is 0 Å². The molecule has 3 aliphatic heterocycles. The molecule has 1 amide bonds. The number of aromatic nitrogens is 3. The number of carbonyl (C=O) groups excluding carboxylic acids is 1. The first-order valence-corrected chi connectivity index (χ1v) is 12.6. The van der Waals surface area contributed by atoms with Crippen LogP contribution in [0, 0.1) is 5.92 Å². The molecule has 2 aromatic rings. The van der Waals surface area contributed by atoms with Crippen LogP contribution in [0.4, 0.5) is 4.79 Å². The van der Waals surface area contributed by atoms with E-state index in [-0.39, 0.29) is 11.7 Å². The Morgan fingerprint density at radius 1 is 1.21 bits per heavy atom. The van der Waals surface area contributed by atoms with Crippen molar-refractivity contribution in [2.45, 2.75) is 69.5 Å². The van der Waals surface area contributed by atoms with Crippen LogP contribution in [0.5, 0.6) is 5.75 Å². The third-order valence-corrected chi connectivity index (χ3v) is 7.89. The quantitative estimate of drug-likeness (QED) is 0.668. The van der Waals surface area contributed by atoms with Gasteiger partial charge in [0.25, 0.3) is 0 Å². The average molecular weight is 467 g/mol. The number of likely N-dealkylation sites (tertiary alicyclic amines) is 1. The predicted octanol–water partition coefficient (Wildman–Crippen LogP) is 4.38. The van der Waals surface area contributed by atoms with Crippen LogP contribution in [0.15, 0.2) is 18.3 Å². The average Bonchev–Trinajstić information content (AvgIpc) is 3.58. The summed E-state index contributed by atoms with van der Waals surface area (Å²) in [6.45, 7) is 6.80. The summed E-state index contributed by atoms with van der Waals surface area (Å²) >= 11 is 0. The monoisotopic (exact) mass is 466 g/mol. The van der Waals surface area contributed by atoms with E-state index in [0.29, 0.717) is 44.4 Å². The zero-order chi connectivity index (χ0) is 23.5. The fourth-order valence-electron chi connectivity index (χ4n) is 5.88. The topological polar surface area (TPSA) is 78.7 Å². The predicted molar refractivity (Wildman–Crippen MR) is 126 cm³/mol. The van der Waals surface area contributed by atoms with Gasteiger partial charge in [0.15, 0.2) is 5.60 Å². The van der Waals surface area contributed by atoms with Crippen molar-refractivity contribution in [3.8, 4) is 17.1 Å². The Morgan fingerprint density at radius 2 is 2.00 bits per heavy atom. The van der Waals surface area contributed by atoms with Gasteiger partial charge in [-0.3, -0.25) is 4.98 Å². The highest BCUT2D eigenvalue weighted by molar-refractivity contribution is 5.70. The van der Waals surface area contributed by atoms with Gasteiger partial charge in [-0.15, -0.1) is 0 Å². The summed E-state index contributed by atoms with van der Waals surface area (Å²) < 4.78 is 20.5. The Bertz CT molecular complexity index is 1100. The van der Waals surface area contributed by atoms with E-state index in [1.807, 2.05) is 17.0 Å². The number of piperidine rings is 1. The van der Waals surface area contributed by atoms with Gasteiger partial charge in [-0.1, -0.05) is 0 Å². The smallest absolute Gasteiger partial charge is 0.409 e. The second-order valence-electron chi connectivity index (χ2n) is 11.0. The maximum atomic E-state index is 12.6. The summed E-state index contributed by atoms with van der Waals surface area (Å²) in [7, 11) is 2.11. The Hall–Kier alpha value is -2.61. The van der Waals surface area contributed by atoms with Crippen LogP contribution in [-0.4, -0.2) is 57.4 Å². The van der Waals surface area contributed by atoms with E-state index < -0.39 is 5.60 Å². The molecule has 5 heterocycles. The molecular formula is C26H34N4O4. The minimum atomic E-state index is -0.528. The molecule has 0 bridgehead atoms. The molecule has 1 spiro atoms. The van der Waals surface area contributed by atoms with Crippen molar-refractivity contribution in [3.05, 3.63) is 29.8 Å². The Balaban J connectivity index is 1.32. The zero-order valence-corrected chi connectivity index (χ0v) is 20.4. The van der Waals surface area contributed by atoms with Crippen LogP contribution in [0.3, 0.4) is 0 Å². The molecule has 1 atom stereocenters. The molecule has 3 fully saturated rings. The summed E-state index contributed by atoms with van der Waals surface area (Å²) in [6.07, 6.45) is 7.23. The first kappa shape index (κ1) is 21.9. The van der Waals surface area contributed by atoms with Gasteiger partial charge in [-0.25, -0.2) is 9.78 Å². The number of nitrogens with zero attached hydrogens (tertiary/aromatic N) is 4. The van der Waals surface area contributed by atoms with Crippen LogP contribution >= 0.6 is 0 Å². The van der Waals surface area contributed by atoms with Gasteiger partial charge in [0, 0.05) is 51.7 Å². The van der Waals surface area contributed by atoms with Crippen molar-refractivity contribution in [3.63, 3.8) is 0 Å². The lowest BCUT2D eigenvalue weighted by atomic mass is 9.84. The molecule has 1 aliphatic carbocycles. The second-order valence-corrected chi connectivity index (χ2v) is 11.0. The zero-order valence-electron chi connectivity index (χ0n) is 20.4. The first-order valence-electron chi connectivity index (χ1n) is 12.6. The maximum Gasteiger partial charge on any atom is 0.409 e. The van der Waals surface area contributed by atoms with Crippen molar-refractivity contribution >= 4 is 6.09 Å². The van der Waals surface area contributed by atoms with Gasteiger partial charge in [0.2, 0.25) is 0 Å². The van der Waals surface area contributed by atoms with E-state index in [4.69, 9.17) is 19.2 Å². The van der Waals surface area contributed by atoms with Crippen molar-refractivity contribution in [2.24, 2.45) is 13.0 Å². The molecule has 34 heavy (non-hydrogen) atoms. The number of amides is 1. The lowest BCUT2D eigenvalue weighted by Crippen LogP contribution is -2.50. The Morgan fingerprint density at radius 3 is 2.74 bits per heavy atom. The van der Waals surface area contributed by atoms with Gasteiger partial charge in [0.1, 0.15) is 23.0 Å². The highest BCUT2D eigenvalue weighted by atomic mass is 16.6. The molecule has 2 aromatic heterocycles. The Kier molecular flexibility index (Phi) is 5.13. The molecule has 4 aliphatic rings. The lowest BCUT2D eigenvalue weighted by Gasteiger charge is -2.44. The van der Waals surface area contributed by atoms with Crippen LogP contribution in [0.25, 0.3) is 11.4 Å². The summed E-state index contributed by atoms with van der Waals surface area (Å²) in [5.41, 5.74) is 2.13. The van der Waals surface area contributed by atoms with Crippen LogP contribution in [0.1, 0.15) is 69.8 Å². The van der Waals surface area contributed by atoms with Gasteiger partial charge in [0.05, 0.1) is 17.9 Å². The maximum absolute atomic E-state index is 12.6. The molecular weight excluding hydrogens is 432 g/mol. The molecule has 0 radical (unpaired) electrons. The number of carbonyl (C=O) groups is 1. The normalized spacial score (nSPS) is 24.8.